The van der Waals surface area contributed by atoms with Crippen LogP contribution in [-0.4, -0.2) is 24.3 Å². The number of hydrogen-bond acceptors (Lipinski definition) is 5. The Morgan fingerprint density at radius 2 is 2.09 bits per heavy atom. The predicted molar refractivity (Wildman–Crippen MR) is 81.5 cm³/mol. The lowest BCUT2D eigenvalue weighted by atomic mass is 9.99. The van der Waals surface area contributed by atoms with Crippen molar-refractivity contribution in [2.45, 2.75) is 19.8 Å². The van der Waals surface area contributed by atoms with Gasteiger partial charge in [-0.2, -0.15) is 0 Å². The second-order valence-electron chi connectivity index (χ2n) is 5.40. The van der Waals surface area contributed by atoms with Gasteiger partial charge in [-0.15, -0.1) is 0 Å². The van der Waals surface area contributed by atoms with Gasteiger partial charge < -0.3 is 14.5 Å². The maximum atomic E-state index is 12.2. The summed E-state index contributed by atoms with van der Waals surface area (Å²) in [4.78, 5) is 35.7. The summed E-state index contributed by atoms with van der Waals surface area (Å²) >= 11 is 0. The molecule has 0 aliphatic carbocycles. The van der Waals surface area contributed by atoms with Crippen LogP contribution in [0.5, 0.6) is 0 Å². The average Bonchev–Trinajstić information content (AvgIpc) is 3.08. The first-order valence-corrected chi connectivity index (χ1v) is 7.16. The van der Waals surface area contributed by atoms with Gasteiger partial charge in [0.1, 0.15) is 11.3 Å². The van der Waals surface area contributed by atoms with Crippen LogP contribution in [0.3, 0.4) is 0 Å². The monoisotopic (exact) mass is 313 g/mol. The van der Waals surface area contributed by atoms with Crippen LogP contribution in [0.4, 0.5) is 5.69 Å². The van der Waals surface area contributed by atoms with E-state index in [-0.39, 0.29) is 24.2 Å². The Labute approximate surface area is 132 Å². The number of fused-ring (bicyclic) bond motifs is 1. The molecule has 1 amide bonds. The number of Topliss-reactive ketones (excluding diaryl/α,β-unsaturated/α-hetero) is 1. The third kappa shape index (κ3) is 2.75. The molecule has 1 aliphatic rings. The highest BCUT2D eigenvalue weighted by Gasteiger charge is 2.27. The van der Waals surface area contributed by atoms with Crippen LogP contribution in [0.2, 0.25) is 0 Å². The Bertz CT molecular complexity index is 805. The minimum atomic E-state index is -0.601. The third-order valence-corrected chi connectivity index (χ3v) is 3.90. The first kappa shape index (κ1) is 15.0. The molecule has 0 fully saturated rings. The number of nitrogens with one attached hydrogen (secondary N) is 1. The fourth-order valence-electron chi connectivity index (χ4n) is 2.48. The topological polar surface area (TPSA) is 85.6 Å². The summed E-state index contributed by atoms with van der Waals surface area (Å²) in [6.07, 6.45) is 1.39. The van der Waals surface area contributed by atoms with E-state index in [4.69, 9.17) is 9.15 Å². The third-order valence-electron chi connectivity index (χ3n) is 3.90. The quantitative estimate of drug-likeness (QED) is 0.693. The summed E-state index contributed by atoms with van der Waals surface area (Å²) in [7, 11) is 0. The average molecular weight is 313 g/mol. The lowest BCUT2D eigenvalue weighted by Crippen LogP contribution is -2.14. The van der Waals surface area contributed by atoms with E-state index in [1.54, 1.807) is 32.0 Å². The summed E-state index contributed by atoms with van der Waals surface area (Å²) in [5.74, 6) is -0.872. The molecular formula is C17H15NO5. The number of benzene rings is 1. The first-order chi connectivity index (χ1) is 11.0. The number of hydrogen-bond donors (Lipinski definition) is 1. The van der Waals surface area contributed by atoms with Gasteiger partial charge in [0.05, 0.1) is 12.2 Å². The Hall–Kier alpha value is -2.89. The lowest BCUT2D eigenvalue weighted by Gasteiger charge is -2.06. The number of furan rings is 1. The molecule has 6 heteroatoms. The summed E-state index contributed by atoms with van der Waals surface area (Å²) in [6.45, 7) is 3.05. The number of rotatable bonds is 4. The van der Waals surface area contributed by atoms with Gasteiger partial charge in [0.15, 0.2) is 12.4 Å². The van der Waals surface area contributed by atoms with Gasteiger partial charge in [-0.25, -0.2) is 4.79 Å². The van der Waals surface area contributed by atoms with Gasteiger partial charge in [-0.1, -0.05) is 0 Å². The molecule has 0 spiro atoms. The molecule has 1 N–H and O–H groups in total. The van der Waals surface area contributed by atoms with Crippen LogP contribution in [0.1, 0.15) is 44.9 Å². The fourth-order valence-corrected chi connectivity index (χ4v) is 2.48. The van der Waals surface area contributed by atoms with E-state index in [0.717, 1.165) is 5.56 Å². The fraction of sp³-hybridized carbons (Fsp3) is 0.235. The standard InChI is InChI=1S/C17H15NO5/c1-9-13-7-11(3-4-14(13)18-16(9)20)15(19)8-23-17(21)12-5-6-22-10(12)2/h3-7,9H,8H2,1-2H3,(H,18,20)/t9-/m1/s1. The molecule has 3 rings (SSSR count). The Morgan fingerprint density at radius 1 is 1.30 bits per heavy atom. The smallest absolute Gasteiger partial charge is 0.342 e. The number of aryl methyl sites for hydroxylation is 1. The van der Waals surface area contributed by atoms with Crippen molar-refractivity contribution in [2.75, 3.05) is 11.9 Å². The number of amides is 1. The molecule has 0 saturated heterocycles. The van der Waals surface area contributed by atoms with Gasteiger partial charge in [0.2, 0.25) is 5.91 Å². The molecule has 118 valence electrons. The molecule has 1 atom stereocenters. The van der Waals surface area contributed by atoms with E-state index in [1.807, 2.05) is 0 Å². The highest BCUT2D eigenvalue weighted by atomic mass is 16.5. The lowest BCUT2D eigenvalue weighted by molar-refractivity contribution is -0.116. The Morgan fingerprint density at radius 3 is 2.78 bits per heavy atom. The van der Waals surface area contributed by atoms with Gasteiger partial charge in [-0.05, 0) is 43.7 Å². The van der Waals surface area contributed by atoms with Crippen molar-refractivity contribution in [2.24, 2.45) is 0 Å². The zero-order valence-corrected chi connectivity index (χ0v) is 12.7. The molecule has 0 radical (unpaired) electrons. The molecule has 2 heterocycles. The minimum Gasteiger partial charge on any atom is -0.469 e. The zero-order valence-electron chi connectivity index (χ0n) is 12.7. The Kier molecular flexibility index (Phi) is 3.73. The number of anilines is 1. The summed E-state index contributed by atoms with van der Waals surface area (Å²) in [5, 5.41) is 2.74. The highest BCUT2D eigenvalue weighted by Crippen LogP contribution is 2.32. The van der Waals surface area contributed by atoms with Crippen molar-refractivity contribution in [3.8, 4) is 0 Å². The molecule has 1 aliphatic heterocycles. The number of carbonyl (C=O) groups is 3. The van der Waals surface area contributed by atoms with Crippen LogP contribution in [0, 0.1) is 6.92 Å². The molecule has 1 aromatic carbocycles. The molecule has 23 heavy (non-hydrogen) atoms. The predicted octanol–water partition coefficient (Wildman–Crippen LogP) is 2.68. The second-order valence-corrected chi connectivity index (χ2v) is 5.40. The molecule has 0 bridgehead atoms. The van der Waals surface area contributed by atoms with Gasteiger partial charge in [0.25, 0.3) is 0 Å². The SMILES string of the molecule is Cc1occc1C(=O)OCC(=O)c1ccc2c(c1)[C@@H](C)C(=O)N2. The largest absolute Gasteiger partial charge is 0.469 e. The van der Waals surface area contributed by atoms with Crippen molar-refractivity contribution in [3.63, 3.8) is 0 Å². The maximum Gasteiger partial charge on any atom is 0.342 e. The normalized spacial score (nSPS) is 15.9. The summed E-state index contributed by atoms with van der Waals surface area (Å²) < 4.78 is 10.0. The zero-order chi connectivity index (χ0) is 16.6. The van der Waals surface area contributed by atoms with Crippen LogP contribution >= 0.6 is 0 Å². The second kappa shape index (κ2) is 5.72. The molecule has 0 unspecified atom stereocenters. The van der Waals surface area contributed by atoms with Crippen molar-refractivity contribution in [1.29, 1.82) is 0 Å². The van der Waals surface area contributed by atoms with Crippen molar-refractivity contribution < 1.29 is 23.5 Å². The minimum absolute atomic E-state index is 0.0912. The highest BCUT2D eigenvalue weighted by molar-refractivity contribution is 6.05. The summed E-state index contributed by atoms with van der Waals surface area (Å²) in [6, 6.07) is 6.45. The van der Waals surface area contributed by atoms with E-state index >= 15 is 0 Å². The molecular weight excluding hydrogens is 298 g/mol. The van der Waals surface area contributed by atoms with Gasteiger partial charge >= 0.3 is 5.97 Å². The van der Waals surface area contributed by atoms with Crippen molar-refractivity contribution in [3.05, 3.63) is 53.0 Å². The molecule has 2 aromatic rings. The van der Waals surface area contributed by atoms with E-state index < -0.39 is 5.97 Å². The first-order valence-electron chi connectivity index (χ1n) is 7.16. The maximum absolute atomic E-state index is 12.2. The molecule has 1 aromatic heterocycles. The number of esters is 1. The van der Waals surface area contributed by atoms with Gasteiger partial charge in [-0.3, -0.25) is 9.59 Å². The summed E-state index contributed by atoms with van der Waals surface area (Å²) in [5.41, 5.74) is 2.20. The van der Waals surface area contributed by atoms with Gasteiger partial charge in [0, 0.05) is 11.3 Å². The number of ketones is 1. The number of ether oxygens (including phenoxy) is 1. The molecule has 0 saturated carbocycles. The Balaban J connectivity index is 1.69. The van der Waals surface area contributed by atoms with Crippen LogP contribution in [-0.2, 0) is 9.53 Å². The van der Waals surface area contributed by atoms with E-state index in [1.165, 1.54) is 12.3 Å². The van der Waals surface area contributed by atoms with Crippen molar-refractivity contribution in [1.82, 2.24) is 0 Å². The van der Waals surface area contributed by atoms with E-state index in [0.29, 0.717) is 22.6 Å². The van der Waals surface area contributed by atoms with Crippen LogP contribution in [0.15, 0.2) is 34.9 Å². The van der Waals surface area contributed by atoms with E-state index in [9.17, 15) is 14.4 Å². The van der Waals surface area contributed by atoms with Crippen molar-refractivity contribution >= 4 is 23.3 Å². The van der Waals surface area contributed by atoms with Crippen LogP contribution in [0.25, 0.3) is 0 Å². The van der Waals surface area contributed by atoms with Crippen LogP contribution < -0.4 is 5.32 Å². The number of carbonyl (C=O) groups excluding carboxylic acids is 3. The molecule has 6 nitrogen and oxygen atoms in total. The van der Waals surface area contributed by atoms with E-state index in [2.05, 4.69) is 5.32 Å².